The van der Waals surface area contributed by atoms with Gasteiger partial charge in [-0.25, -0.2) is 0 Å². The number of rotatable bonds is 16. The summed E-state index contributed by atoms with van der Waals surface area (Å²) in [4.78, 5) is 0. The molecule has 0 aromatic rings. The van der Waals surface area contributed by atoms with Crippen LogP contribution in [0.5, 0.6) is 0 Å². The van der Waals surface area contributed by atoms with E-state index < -0.39 is 24.4 Å². The molecule has 0 fully saturated rings. The maximum absolute atomic E-state index is 8.88. The van der Waals surface area contributed by atoms with Gasteiger partial charge in [-0.05, 0) is 0 Å². The average Bonchev–Trinajstić information content (AvgIpc) is 2.75. The maximum atomic E-state index is 8.88. The van der Waals surface area contributed by atoms with Gasteiger partial charge in [-0.1, -0.05) is 0 Å². The van der Waals surface area contributed by atoms with E-state index in [2.05, 4.69) is 21.3 Å². The first-order valence-electron chi connectivity index (χ1n) is 9.21. The molecule has 0 aromatic carbocycles. The van der Waals surface area contributed by atoms with E-state index in [-0.39, 0.29) is 91.8 Å². The van der Waals surface area contributed by atoms with Crippen molar-refractivity contribution in [2.45, 2.75) is 24.4 Å². The van der Waals surface area contributed by atoms with Crippen LogP contribution in [0, 0.1) is 0 Å². The molecule has 0 bridgehead atoms. The van der Waals surface area contributed by atoms with E-state index in [1.54, 1.807) is 0 Å². The summed E-state index contributed by atoms with van der Waals surface area (Å²) in [6.07, 6.45) is -2.88. The molecular formula is C15H42N6O8Y2. The fraction of sp³-hybridized carbons (Fsp3) is 1.00. The van der Waals surface area contributed by atoms with Crippen molar-refractivity contribution in [3.63, 3.8) is 0 Å². The summed E-state index contributed by atoms with van der Waals surface area (Å²) in [7, 11) is 0. The Labute approximate surface area is 234 Å². The third kappa shape index (κ3) is 42.3. The van der Waals surface area contributed by atoms with E-state index in [1.165, 1.54) is 0 Å². The molecule has 0 rings (SSSR count). The molecule has 16 N–H and O–H groups in total. The first-order chi connectivity index (χ1) is 13.8. The van der Waals surface area contributed by atoms with Gasteiger partial charge in [0, 0.05) is 112 Å². The molecule has 186 valence electrons. The van der Waals surface area contributed by atoms with E-state index in [9.17, 15) is 0 Å². The summed E-state index contributed by atoms with van der Waals surface area (Å²) in [6, 6.07) is 0. The molecule has 0 aliphatic heterocycles. The molecule has 0 aliphatic rings. The van der Waals surface area contributed by atoms with E-state index in [1.807, 2.05) is 0 Å². The first kappa shape index (κ1) is 42.8. The molecule has 0 spiro atoms. The van der Waals surface area contributed by atoms with Crippen molar-refractivity contribution in [3.05, 3.63) is 0 Å². The minimum atomic E-state index is -0.760. The van der Waals surface area contributed by atoms with Crippen LogP contribution in [0.3, 0.4) is 0 Å². The van der Waals surface area contributed by atoms with Crippen LogP contribution in [0.4, 0.5) is 0 Å². The summed E-state index contributed by atoms with van der Waals surface area (Å²) >= 11 is 0. The van der Waals surface area contributed by atoms with Gasteiger partial charge in [0.05, 0.1) is 50.8 Å². The predicted molar refractivity (Wildman–Crippen MR) is 107 cm³/mol. The smallest absolute Gasteiger partial charge is 0.0895 e. The zero-order valence-corrected chi connectivity index (χ0v) is 23.7. The van der Waals surface area contributed by atoms with Crippen LogP contribution in [0.25, 0.3) is 0 Å². The topological polar surface area (TPSA) is 262 Å². The number of nitrogens with one attached hydrogen (secondary N) is 4. The summed E-state index contributed by atoms with van der Waals surface area (Å²) < 4.78 is 0. The quantitative estimate of drug-likeness (QED) is 0.0571. The molecule has 0 saturated heterocycles. The van der Waals surface area contributed by atoms with Crippen LogP contribution in [0.1, 0.15) is 0 Å². The van der Waals surface area contributed by atoms with Crippen molar-refractivity contribution < 1.29 is 106 Å². The fourth-order valence-corrected chi connectivity index (χ4v) is 1.32. The normalized spacial score (nSPS) is 13.7. The molecule has 4 atom stereocenters. The fourth-order valence-electron chi connectivity index (χ4n) is 1.32. The Kier molecular flexibility index (Phi) is 50.0. The Morgan fingerprint density at radius 1 is 0.484 bits per heavy atom. The third-order valence-electron chi connectivity index (χ3n) is 2.90. The summed E-state index contributed by atoms with van der Waals surface area (Å²) in [5, 5.41) is 79.3. The third-order valence-corrected chi connectivity index (χ3v) is 2.90. The second-order valence-electron chi connectivity index (χ2n) is 5.75. The second-order valence-corrected chi connectivity index (χ2v) is 5.75. The monoisotopic (exact) mass is 612 g/mol. The molecule has 0 aliphatic carbocycles. The van der Waals surface area contributed by atoms with Crippen LogP contribution in [-0.4, -0.2) is 138 Å². The Morgan fingerprint density at radius 3 is 0.903 bits per heavy atom. The molecule has 16 heteroatoms. The van der Waals surface area contributed by atoms with Crippen molar-refractivity contribution in [1.29, 1.82) is 0 Å². The second kappa shape index (κ2) is 36.2. The number of hydrogen-bond donors (Lipinski definition) is 14. The van der Waals surface area contributed by atoms with Crippen LogP contribution in [-0.2, 0) is 65.4 Å². The van der Waals surface area contributed by atoms with Gasteiger partial charge in [0.15, 0.2) is 0 Å². The van der Waals surface area contributed by atoms with Crippen molar-refractivity contribution in [2.24, 2.45) is 11.5 Å². The SMILES string of the molecule is NCNCC(O)CO.NCNCC(O)CO.OCC(O)CNCNCC(O)CO.[Y].[Y]. The standard InChI is InChI=1S/C7H18N2O4.2C4H12N2O2.2Y/c10-3-6(12)1-8-5-9-2-7(13)4-11;2*5-3-6-1-4(8)2-7;;/h6-13H,1-5H2;2*4,6-8H,1-3,5H2;;. The number of aliphatic hydroxyl groups excluding tert-OH is 8. The van der Waals surface area contributed by atoms with Crippen LogP contribution in [0.2, 0.25) is 0 Å². The Balaban J connectivity index is -0.000000111. The molecule has 0 saturated carbocycles. The van der Waals surface area contributed by atoms with Crippen molar-refractivity contribution in [2.75, 3.05) is 72.6 Å². The Hall–Kier alpha value is 1.65. The van der Waals surface area contributed by atoms with E-state index in [0.29, 0.717) is 46.2 Å². The number of aliphatic hydroxyl groups is 8. The summed E-state index contributed by atoms with van der Waals surface area (Å²) in [6.45, 7) is 1.39. The first-order valence-corrected chi connectivity index (χ1v) is 9.21. The zero-order valence-electron chi connectivity index (χ0n) is 18.0. The summed E-state index contributed by atoms with van der Waals surface area (Å²) in [5.41, 5.74) is 10.1. The molecular weight excluding hydrogens is 570 g/mol. The van der Waals surface area contributed by atoms with Gasteiger partial charge in [0.1, 0.15) is 0 Å². The molecule has 0 aromatic heterocycles. The van der Waals surface area contributed by atoms with E-state index >= 15 is 0 Å². The zero-order chi connectivity index (χ0) is 22.9. The van der Waals surface area contributed by atoms with E-state index in [4.69, 9.17) is 52.3 Å². The largest absolute Gasteiger partial charge is 0.394 e. The molecule has 4 unspecified atom stereocenters. The Morgan fingerprint density at radius 2 is 0.710 bits per heavy atom. The van der Waals surface area contributed by atoms with Crippen LogP contribution in [0.15, 0.2) is 0 Å². The summed E-state index contributed by atoms with van der Waals surface area (Å²) in [5.74, 6) is 0. The molecule has 14 nitrogen and oxygen atoms in total. The minimum absolute atomic E-state index is 0. The number of nitrogens with two attached hydrogens (primary N) is 2. The molecule has 2 radical (unpaired) electrons. The average molecular weight is 612 g/mol. The Bertz CT molecular complexity index is 284. The van der Waals surface area contributed by atoms with Gasteiger partial charge in [0.2, 0.25) is 0 Å². The van der Waals surface area contributed by atoms with Crippen molar-refractivity contribution in [1.82, 2.24) is 21.3 Å². The van der Waals surface area contributed by atoms with Crippen molar-refractivity contribution >= 4 is 0 Å². The van der Waals surface area contributed by atoms with Gasteiger partial charge in [-0.2, -0.15) is 0 Å². The number of hydrogen-bond acceptors (Lipinski definition) is 14. The van der Waals surface area contributed by atoms with Gasteiger partial charge in [-0.15, -0.1) is 0 Å². The van der Waals surface area contributed by atoms with E-state index in [0.717, 1.165) is 0 Å². The van der Waals surface area contributed by atoms with Gasteiger partial charge in [-0.3, -0.25) is 0 Å². The van der Waals surface area contributed by atoms with Gasteiger partial charge >= 0.3 is 0 Å². The van der Waals surface area contributed by atoms with Gasteiger partial charge in [0.25, 0.3) is 0 Å². The predicted octanol–water partition coefficient (Wildman–Crippen LogP) is -7.48. The van der Waals surface area contributed by atoms with Crippen molar-refractivity contribution in [3.8, 4) is 0 Å². The maximum Gasteiger partial charge on any atom is 0.0895 e. The van der Waals surface area contributed by atoms with Crippen LogP contribution < -0.4 is 32.7 Å². The van der Waals surface area contributed by atoms with Crippen LogP contribution >= 0.6 is 0 Å². The molecule has 31 heavy (non-hydrogen) atoms. The minimum Gasteiger partial charge on any atom is -0.394 e. The molecule has 0 amide bonds. The molecule has 0 heterocycles. The van der Waals surface area contributed by atoms with Gasteiger partial charge < -0.3 is 73.6 Å².